The van der Waals surface area contributed by atoms with E-state index in [1.54, 1.807) is 55.6 Å². The summed E-state index contributed by atoms with van der Waals surface area (Å²) in [5.74, 6) is 0.479. The van der Waals surface area contributed by atoms with Crippen LogP contribution in [0.15, 0.2) is 48.5 Å². The maximum Gasteiger partial charge on any atom is 0.273 e. The van der Waals surface area contributed by atoms with Crippen LogP contribution in [0.3, 0.4) is 0 Å². The fraction of sp³-hybridized carbons (Fsp3) is 0.250. The number of rotatable bonds is 7. The zero-order valence-corrected chi connectivity index (χ0v) is 16.6. The molecule has 0 heterocycles. The number of ether oxygens (including phenoxy) is 2. The van der Waals surface area contributed by atoms with Gasteiger partial charge in [-0.2, -0.15) is 0 Å². The molecule has 0 saturated carbocycles. The molecule has 2 aromatic rings. The van der Waals surface area contributed by atoms with Crippen LogP contribution in [0.4, 0.5) is 0 Å². The lowest BCUT2D eigenvalue weighted by Gasteiger charge is -2.13. The smallest absolute Gasteiger partial charge is 0.273 e. The van der Waals surface area contributed by atoms with Crippen LogP contribution in [0.25, 0.3) is 0 Å². The summed E-state index contributed by atoms with van der Waals surface area (Å²) in [7, 11) is 1.58. The van der Waals surface area contributed by atoms with E-state index in [1.807, 2.05) is 6.92 Å². The zero-order chi connectivity index (χ0) is 20.4. The summed E-state index contributed by atoms with van der Waals surface area (Å²) >= 11 is 5.05. The van der Waals surface area contributed by atoms with Crippen molar-refractivity contribution in [2.75, 3.05) is 13.7 Å². The molecule has 148 valence electrons. The second-order valence-electron chi connectivity index (χ2n) is 5.83. The Balaban J connectivity index is 1.83. The van der Waals surface area contributed by atoms with E-state index >= 15 is 0 Å². The fourth-order valence-corrected chi connectivity index (χ4v) is 2.47. The quantitative estimate of drug-likeness (QED) is 0.488. The first-order chi connectivity index (χ1) is 13.5. The molecule has 0 aliphatic carbocycles. The second kappa shape index (κ2) is 10.9. The summed E-state index contributed by atoms with van der Waals surface area (Å²) in [4.78, 5) is 24.4. The van der Waals surface area contributed by atoms with Crippen molar-refractivity contribution in [3.05, 3.63) is 59.7 Å². The Bertz CT molecular complexity index is 824. The minimum atomic E-state index is -0.418. The van der Waals surface area contributed by atoms with Gasteiger partial charge in [0, 0.05) is 0 Å². The summed E-state index contributed by atoms with van der Waals surface area (Å²) in [5.41, 5.74) is 6.17. The summed E-state index contributed by atoms with van der Waals surface area (Å²) in [5, 5.41) is 2.52. The number of hydrogen-bond acceptors (Lipinski definition) is 5. The summed E-state index contributed by atoms with van der Waals surface area (Å²) in [6, 6.07) is 14.0. The minimum absolute atomic E-state index is 0.00109. The third-order valence-corrected chi connectivity index (χ3v) is 3.86. The highest BCUT2D eigenvalue weighted by Gasteiger charge is 2.13. The summed E-state index contributed by atoms with van der Waals surface area (Å²) < 4.78 is 10.6. The van der Waals surface area contributed by atoms with Gasteiger partial charge >= 0.3 is 0 Å². The van der Waals surface area contributed by atoms with E-state index in [1.165, 1.54) is 0 Å². The highest BCUT2D eigenvalue weighted by molar-refractivity contribution is 7.80. The van der Waals surface area contributed by atoms with Gasteiger partial charge in [0.1, 0.15) is 11.5 Å². The first kappa shape index (κ1) is 21.2. The Morgan fingerprint density at radius 2 is 1.75 bits per heavy atom. The van der Waals surface area contributed by atoms with E-state index in [2.05, 4.69) is 16.2 Å². The SMILES string of the molecule is CCCOc1ccccc1C(=O)NNC(=S)NC(=O)Cc1ccc(OC)cc1. The van der Waals surface area contributed by atoms with Gasteiger partial charge in [0.2, 0.25) is 5.91 Å². The van der Waals surface area contributed by atoms with Crippen LogP contribution in [0.2, 0.25) is 0 Å². The van der Waals surface area contributed by atoms with E-state index < -0.39 is 5.91 Å². The number of benzene rings is 2. The molecule has 0 saturated heterocycles. The van der Waals surface area contributed by atoms with Gasteiger partial charge in [0.15, 0.2) is 5.11 Å². The molecule has 8 heteroatoms. The second-order valence-corrected chi connectivity index (χ2v) is 6.23. The van der Waals surface area contributed by atoms with Gasteiger partial charge in [-0.05, 0) is 48.5 Å². The third-order valence-electron chi connectivity index (χ3n) is 3.66. The van der Waals surface area contributed by atoms with Gasteiger partial charge in [-0.1, -0.05) is 31.2 Å². The highest BCUT2D eigenvalue weighted by atomic mass is 32.1. The molecule has 28 heavy (non-hydrogen) atoms. The third kappa shape index (κ3) is 6.55. The molecule has 3 N–H and O–H groups in total. The van der Waals surface area contributed by atoms with Crippen molar-refractivity contribution in [3.8, 4) is 11.5 Å². The van der Waals surface area contributed by atoms with Gasteiger partial charge in [-0.25, -0.2) is 0 Å². The maximum absolute atomic E-state index is 12.3. The lowest BCUT2D eigenvalue weighted by molar-refractivity contribution is -0.119. The molecule has 7 nitrogen and oxygen atoms in total. The van der Waals surface area contributed by atoms with Crippen molar-refractivity contribution < 1.29 is 19.1 Å². The van der Waals surface area contributed by atoms with E-state index in [0.717, 1.165) is 12.0 Å². The van der Waals surface area contributed by atoms with Crippen molar-refractivity contribution in [2.45, 2.75) is 19.8 Å². The van der Waals surface area contributed by atoms with E-state index in [4.69, 9.17) is 21.7 Å². The molecule has 0 atom stereocenters. The first-order valence-electron chi connectivity index (χ1n) is 8.78. The standard InChI is InChI=1S/C20H23N3O4S/c1-3-12-27-17-7-5-4-6-16(17)19(25)22-23-20(28)21-18(24)13-14-8-10-15(26-2)11-9-14/h4-11H,3,12-13H2,1-2H3,(H,22,25)(H2,21,23,24,28). The van der Waals surface area contributed by atoms with Crippen LogP contribution >= 0.6 is 12.2 Å². The fourth-order valence-electron chi connectivity index (χ4n) is 2.30. The van der Waals surface area contributed by atoms with Crippen LogP contribution in [-0.4, -0.2) is 30.6 Å². The van der Waals surface area contributed by atoms with Crippen LogP contribution in [0.5, 0.6) is 11.5 Å². The molecule has 0 radical (unpaired) electrons. The van der Waals surface area contributed by atoms with Gasteiger partial charge in [-0.3, -0.25) is 20.4 Å². The average Bonchev–Trinajstić information content (AvgIpc) is 2.71. The van der Waals surface area contributed by atoms with Crippen LogP contribution in [0, 0.1) is 0 Å². The largest absolute Gasteiger partial charge is 0.497 e. The van der Waals surface area contributed by atoms with E-state index in [0.29, 0.717) is 23.7 Å². The first-order valence-corrected chi connectivity index (χ1v) is 9.19. The molecule has 0 fully saturated rings. The average molecular weight is 401 g/mol. The molecule has 0 unspecified atom stereocenters. The number of hydrazine groups is 1. The summed E-state index contributed by atoms with van der Waals surface area (Å²) in [6.07, 6.45) is 0.978. The van der Waals surface area contributed by atoms with E-state index in [-0.39, 0.29) is 17.4 Å². The summed E-state index contributed by atoms with van der Waals surface area (Å²) in [6.45, 7) is 2.49. The number of carbonyl (C=O) groups excluding carboxylic acids is 2. The minimum Gasteiger partial charge on any atom is -0.497 e. The predicted octanol–water partition coefficient (Wildman–Crippen LogP) is 2.36. The monoisotopic (exact) mass is 401 g/mol. The molecule has 2 amide bonds. The number of methoxy groups -OCH3 is 1. The molecule has 0 aromatic heterocycles. The molecule has 2 rings (SSSR count). The van der Waals surface area contributed by atoms with Crippen molar-refractivity contribution in [1.29, 1.82) is 0 Å². The van der Waals surface area contributed by atoms with Gasteiger partial charge in [0.05, 0.1) is 25.7 Å². The Hall–Kier alpha value is -3.13. The van der Waals surface area contributed by atoms with Crippen LogP contribution in [0.1, 0.15) is 29.3 Å². The van der Waals surface area contributed by atoms with E-state index in [9.17, 15) is 9.59 Å². The number of para-hydroxylation sites is 1. The number of carbonyl (C=O) groups is 2. The van der Waals surface area contributed by atoms with Gasteiger partial charge in [0.25, 0.3) is 5.91 Å². The molecule has 0 aliphatic heterocycles. The Morgan fingerprint density at radius 1 is 1.04 bits per heavy atom. The molecule has 0 aliphatic rings. The number of hydrogen-bond donors (Lipinski definition) is 3. The maximum atomic E-state index is 12.3. The molecule has 2 aromatic carbocycles. The molecule has 0 spiro atoms. The topological polar surface area (TPSA) is 88.7 Å². The Kier molecular flexibility index (Phi) is 8.23. The normalized spacial score (nSPS) is 9.93. The Morgan fingerprint density at radius 3 is 2.43 bits per heavy atom. The number of thiocarbonyl (C=S) groups is 1. The van der Waals surface area contributed by atoms with Crippen LogP contribution in [-0.2, 0) is 11.2 Å². The van der Waals surface area contributed by atoms with Crippen LogP contribution < -0.4 is 25.6 Å². The van der Waals surface area contributed by atoms with Crippen molar-refractivity contribution in [2.24, 2.45) is 0 Å². The van der Waals surface area contributed by atoms with Crippen molar-refractivity contribution in [3.63, 3.8) is 0 Å². The number of amides is 2. The molecular weight excluding hydrogens is 378 g/mol. The lowest BCUT2D eigenvalue weighted by Crippen LogP contribution is -2.48. The van der Waals surface area contributed by atoms with Crippen molar-refractivity contribution in [1.82, 2.24) is 16.2 Å². The predicted molar refractivity (Wildman–Crippen MR) is 110 cm³/mol. The zero-order valence-electron chi connectivity index (χ0n) is 15.8. The van der Waals surface area contributed by atoms with Crippen molar-refractivity contribution >= 4 is 29.1 Å². The van der Waals surface area contributed by atoms with Gasteiger partial charge in [-0.15, -0.1) is 0 Å². The number of nitrogens with one attached hydrogen (secondary N) is 3. The molecule has 0 bridgehead atoms. The molecular formula is C20H23N3O4S. The Labute approximate surface area is 169 Å². The highest BCUT2D eigenvalue weighted by Crippen LogP contribution is 2.17. The van der Waals surface area contributed by atoms with Gasteiger partial charge < -0.3 is 14.8 Å². The lowest BCUT2D eigenvalue weighted by atomic mass is 10.1.